The maximum absolute atomic E-state index is 5.71. The van der Waals surface area contributed by atoms with E-state index in [2.05, 4.69) is 43.7 Å². The summed E-state index contributed by atoms with van der Waals surface area (Å²) >= 11 is 5.22. The van der Waals surface area contributed by atoms with Crippen LogP contribution in [0.3, 0.4) is 0 Å². The molecular formula is C15H22BrN5O2S. The fraction of sp³-hybridized carbons (Fsp3) is 0.533. The summed E-state index contributed by atoms with van der Waals surface area (Å²) in [5, 5.41) is 15.6. The number of thioether (sulfide) groups is 1. The molecule has 24 heavy (non-hydrogen) atoms. The molecule has 0 saturated carbocycles. The fourth-order valence-corrected chi connectivity index (χ4v) is 3.19. The number of halogens is 1. The van der Waals surface area contributed by atoms with Crippen LogP contribution in [0.5, 0.6) is 11.5 Å². The van der Waals surface area contributed by atoms with Crippen molar-refractivity contribution in [2.24, 2.45) is 7.05 Å². The monoisotopic (exact) mass is 415 g/mol. The third-order valence-corrected chi connectivity index (χ3v) is 4.95. The molecule has 0 amide bonds. The lowest BCUT2D eigenvalue weighted by molar-refractivity contribution is 0.294. The number of rotatable bonds is 10. The van der Waals surface area contributed by atoms with Gasteiger partial charge in [0.15, 0.2) is 11.5 Å². The van der Waals surface area contributed by atoms with Gasteiger partial charge in [-0.1, -0.05) is 34.6 Å². The summed E-state index contributed by atoms with van der Waals surface area (Å²) in [5.41, 5.74) is 1.13. The molecule has 2 rings (SSSR count). The Kier molecular flexibility index (Phi) is 7.80. The van der Waals surface area contributed by atoms with E-state index in [4.69, 9.17) is 9.47 Å². The second-order valence-corrected chi connectivity index (χ2v) is 6.97. The van der Waals surface area contributed by atoms with Crippen LogP contribution in [-0.4, -0.2) is 46.2 Å². The van der Waals surface area contributed by atoms with E-state index in [9.17, 15) is 0 Å². The van der Waals surface area contributed by atoms with Gasteiger partial charge in [0.25, 0.3) is 0 Å². The summed E-state index contributed by atoms with van der Waals surface area (Å²) in [6, 6.07) is 3.97. The van der Waals surface area contributed by atoms with Crippen LogP contribution in [-0.2, 0) is 13.6 Å². The average molecular weight is 416 g/mol. The molecule has 2 aromatic rings. The van der Waals surface area contributed by atoms with Crippen molar-refractivity contribution in [2.75, 3.05) is 26.0 Å². The molecule has 132 valence electrons. The van der Waals surface area contributed by atoms with Crippen LogP contribution in [0.1, 0.15) is 18.9 Å². The van der Waals surface area contributed by atoms with Gasteiger partial charge in [0.2, 0.25) is 5.16 Å². The minimum atomic E-state index is 0.675. The van der Waals surface area contributed by atoms with Gasteiger partial charge in [0.1, 0.15) is 0 Å². The summed E-state index contributed by atoms with van der Waals surface area (Å²) in [7, 11) is 3.49. The number of nitrogens with one attached hydrogen (secondary N) is 1. The lowest BCUT2D eigenvalue weighted by atomic mass is 10.2. The van der Waals surface area contributed by atoms with Gasteiger partial charge in [-0.2, -0.15) is 0 Å². The van der Waals surface area contributed by atoms with E-state index in [-0.39, 0.29) is 0 Å². The number of ether oxygens (including phenoxy) is 2. The van der Waals surface area contributed by atoms with Gasteiger partial charge in [-0.3, -0.25) is 0 Å². The molecule has 1 aromatic carbocycles. The molecule has 1 N–H and O–H groups in total. The van der Waals surface area contributed by atoms with Crippen molar-refractivity contribution in [1.82, 2.24) is 25.5 Å². The summed E-state index contributed by atoms with van der Waals surface area (Å²) < 4.78 is 13.8. The summed E-state index contributed by atoms with van der Waals surface area (Å²) in [6.07, 6.45) is 0.961. The van der Waals surface area contributed by atoms with Crippen molar-refractivity contribution < 1.29 is 9.47 Å². The number of nitrogens with zero attached hydrogens (tertiary/aromatic N) is 4. The molecule has 0 radical (unpaired) electrons. The van der Waals surface area contributed by atoms with E-state index < -0.39 is 0 Å². The van der Waals surface area contributed by atoms with Crippen LogP contribution in [0.15, 0.2) is 21.8 Å². The van der Waals surface area contributed by atoms with Crippen molar-refractivity contribution in [3.63, 3.8) is 0 Å². The van der Waals surface area contributed by atoms with Gasteiger partial charge in [-0.15, -0.1) is 5.10 Å². The van der Waals surface area contributed by atoms with Gasteiger partial charge in [-0.25, -0.2) is 4.68 Å². The highest BCUT2D eigenvalue weighted by Gasteiger charge is 2.10. The molecule has 7 nitrogen and oxygen atoms in total. The standard InChI is InChI=1S/C15H22BrN5O2S/c1-4-6-23-14-9-12(16)11(8-13(14)22-3)10-17-5-7-24-15-18-19-20-21(15)2/h8-9,17H,4-7,10H2,1-3H3. The number of aryl methyl sites for hydroxylation is 1. The Hall–Kier alpha value is -1.32. The van der Waals surface area contributed by atoms with Gasteiger partial charge in [-0.05, 0) is 34.5 Å². The lowest BCUT2D eigenvalue weighted by Crippen LogP contribution is -2.17. The average Bonchev–Trinajstić information content (AvgIpc) is 2.99. The Balaban J connectivity index is 1.84. The maximum Gasteiger partial charge on any atom is 0.209 e. The predicted octanol–water partition coefficient (Wildman–Crippen LogP) is 2.65. The molecular weight excluding hydrogens is 394 g/mol. The first-order valence-electron chi connectivity index (χ1n) is 7.70. The van der Waals surface area contributed by atoms with Gasteiger partial charge in [0.05, 0.1) is 13.7 Å². The largest absolute Gasteiger partial charge is 0.493 e. The molecule has 0 saturated heterocycles. The normalized spacial score (nSPS) is 10.8. The first-order valence-corrected chi connectivity index (χ1v) is 9.48. The maximum atomic E-state index is 5.71. The second kappa shape index (κ2) is 9.85. The Morgan fingerprint density at radius 3 is 2.83 bits per heavy atom. The molecule has 0 atom stereocenters. The van der Waals surface area contributed by atoms with Crippen molar-refractivity contribution in [3.8, 4) is 11.5 Å². The highest BCUT2D eigenvalue weighted by Crippen LogP contribution is 2.33. The number of hydrogen-bond acceptors (Lipinski definition) is 7. The fourth-order valence-electron chi connectivity index (χ4n) is 1.98. The van der Waals surface area contributed by atoms with E-state index in [0.717, 1.165) is 52.0 Å². The van der Waals surface area contributed by atoms with Crippen molar-refractivity contribution in [1.29, 1.82) is 0 Å². The highest BCUT2D eigenvalue weighted by molar-refractivity contribution is 9.10. The number of hydrogen-bond donors (Lipinski definition) is 1. The molecule has 0 fully saturated rings. The molecule has 0 aliphatic carbocycles. The zero-order chi connectivity index (χ0) is 17.4. The van der Waals surface area contributed by atoms with E-state index >= 15 is 0 Å². The van der Waals surface area contributed by atoms with E-state index in [1.165, 1.54) is 0 Å². The number of aromatic nitrogens is 4. The van der Waals surface area contributed by atoms with Crippen LogP contribution in [0.2, 0.25) is 0 Å². The van der Waals surface area contributed by atoms with E-state index in [1.807, 2.05) is 19.2 Å². The zero-order valence-corrected chi connectivity index (χ0v) is 16.5. The molecule has 0 bridgehead atoms. The smallest absolute Gasteiger partial charge is 0.209 e. The van der Waals surface area contributed by atoms with E-state index in [1.54, 1.807) is 23.6 Å². The van der Waals surface area contributed by atoms with Crippen LogP contribution >= 0.6 is 27.7 Å². The van der Waals surface area contributed by atoms with Crippen molar-refractivity contribution >= 4 is 27.7 Å². The number of benzene rings is 1. The molecule has 0 aliphatic heterocycles. The summed E-state index contributed by atoms with van der Waals surface area (Å²) in [4.78, 5) is 0. The first-order chi connectivity index (χ1) is 11.7. The number of methoxy groups -OCH3 is 1. The Morgan fingerprint density at radius 1 is 1.33 bits per heavy atom. The summed E-state index contributed by atoms with van der Waals surface area (Å²) in [6.45, 7) is 4.34. The quantitative estimate of drug-likeness (QED) is 0.472. The van der Waals surface area contributed by atoms with Crippen molar-refractivity contribution in [3.05, 3.63) is 22.2 Å². The van der Waals surface area contributed by atoms with Crippen LogP contribution in [0.4, 0.5) is 0 Å². The molecule has 0 aliphatic rings. The molecule has 1 heterocycles. The predicted molar refractivity (Wildman–Crippen MR) is 97.7 cm³/mol. The third-order valence-electron chi connectivity index (χ3n) is 3.20. The number of tetrazole rings is 1. The third kappa shape index (κ3) is 5.35. The molecule has 9 heteroatoms. The Labute approximate surface area is 154 Å². The minimum Gasteiger partial charge on any atom is -0.493 e. The van der Waals surface area contributed by atoms with Gasteiger partial charge in [0, 0.05) is 30.4 Å². The minimum absolute atomic E-state index is 0.675. The Bertz CT molecular complexity index is 653. The first kappa shape index (κ1) is 19.0. The topological polar surface area (TPSA) is 74.1 Å². The van der Waals surface area contributed by atoms with Gasteiger partial charge < -0.3 is 14.8 Å². The summed E-state index contributed by atoms with van der Waals surface area (Å²) in [5.74, 6) is 2.41. The Morgan fingerprint density at radius 2 is 2.17 bits per heavy atom. The van der Waals surface area contributed by atoms with E-state index in [0.29, 0.717) is 6.61 Å². The second-order valence-electron chi connectivity index (χ2n) is 5.05. The lowest BCUT2D eigenvalue weighted by Gasteiger charge is -2.14. The SMILES string of the molecule is CCCOc1cc(Br)c(CNCCSc2nnnn2C)cc1OC. The van der Waals surface area contributed by atoms with Gasteiger partial charge >= 0.3 is 0 Å². The van der Waals surface area contributed by atoms with Crippen LogP contribution < -0.4 is 14.8 Å². The molecule has 0 unspecified atom stereocenters. The van der Waals surface area contributed by atoms with Crippen molar-refractivity contribution in [2.45, 2.75) is 25.0 Å². The molecule has 0 spiro atoms. The zero-order valence-electron chi connectivity index (χ0n) is 14.1. The highest BCUT2D eigenvalue weighted by atomic mass is 79.9. The van der Waals surface area contributed by atoms with Crippen LogP contribution in [0, 0.1) is 0 Å². The van der Waals surface area contributed by atoms with Crippen LogP contribution in [0.25, 0.3) is 0 Å². The molecule has 1 aromatic heterocycles.